The van der Waals surface area contributed by atoms with E-state index in [1.807, 2.05) is 12.9 Å². The van der Waals surface area contributed by atoms with Crippen LogP contribution in [0.3, 0.4) is 0 Å². The number of hydrogen-bond acceptors (Lipinski definition) is 4. The summed E-state index contributed by atoms with van der Waals surface area (Å²) in [7, 11) is 0. The molecule has 5 atom stereocenters. The van der Waals surface area contributed by atoms with Gasteiger partial charge in [0, 0.05) is 6.42 Å². The van der Waals surface area contributed by atoms with Crippen LogP contribution in [0.5, 0.6) is 0 Å². The monoisotopic (exact) mass is 292 g/mol. The van der Waals surface area contributed by atoms with Crippen molar-refractivity contribution in [2.45, 2.75) is 82.7 Å². The number of rotatable bonds is 0. The number of epoxide rings is 2. The minimum Gasteiger partial charge on any atom is -0.366 e. The number of carbonyl (C=O) groups excluding carboxylic acids is 2. The van der Waals surface area contributed by atoms with Gasteiger partial charge in [0.2, 0.25) is 0 Å². The molecule has 1 aliphatic carbocycles. The van der Waals surface area contributed by atoms with Crippen molar-refractivity contribution in [3.05, 3.63) is 5.57 Å². The van der Waals surface area contributed by atoms with Crippen molar-refractivity contribution >= 4 is 11.7 Å². The maximum atomic E-state index is 12.2. The molecule has 4 nitrogen and oxygen atoms in total. The molecule has 2 aliphatic heterocycles. The standard InChI is InChI=1S/C17H24O4/c1-11-6-8-16(2)15(21-16)7-9-17(3)14(20-17)5-4-13(19)12(11)10-18/h11,14-15H,4-9H2,1-3H3. The Hall–Kier alpha value is -0.960. The Morgan fingerprint density at radius 2 is 1.62 bits per heavy atom. The van der Waals surface area contributed by atoms with Gasteiger partial charge >= 0.3 is 0 Å². The topological polar surface area (TPSA) is 59.2 Å². The first-order valence-electron chi connectivity index (χ1n) is 8.02. The van der Waals surface area contributed by atoms with Crippen LogP contribution < -0.4 is 0 Å². The molecule has 2 heterocycles. The molecule has 3 rings (SSSR count). The molecule has 3 fully saturated rings. The van der Waals surface area contributed by atoms with Crippen LogP contribution in [-0.2, 0) is 19.1 Å². The number of fused-ring (bicyclic) bond motifs is 2. The van der Waals surface area contributed by atoms with Gasteiger partial charge in [0.05, 0.1) is 29.0 Å². The fourth-order valence-electron chi connectivity index (χ4n) is 3.64. The first kappa shape index (κ1) is 15.0. The highest BCUT2D eigenvalue weighted by Crippen LogP contribution is 2.49. The van der Waals surface area contributed by atoms with E-state index in [4.69, 9.17) is 9.47 Å². The third-order valence-electron chi connectivity index (χ3n) is 5.58. The van der Waals surface area contributed by atoms with Crippen LogP contribution in [-0.4, -0.2) is 35.1 Å². The summed E-state index contributed by atoms with van der Waals surface area (Å²) >= 11 is 0. The molecule has 0 aromatic rings. The lowest BCUT2D eigenvalue weighted by molar-refractivity contribution is -0.116. The normalized spacial score (nSPS) is 47.1. The first-order chi connectivity index (χ1) is 9.88. The largest absolute Gasteiger partial charge is 0.366 e. The Bertz CT molecular complexity index is 507. The Morgan fingerprint density at radius 3 is 2.24 bits per heavy atom. The second-order valence-corrected chi connectivity index (χ2v) is 7.29. The smallest absolute Gasteiger partial charge is 0.170 e. The molecule has 0 N–H and O–H groups in total. The fraction of sp³-hybridized carbons (Fsp3) is 0.824. The van der Waals surface area contributed by atoms with E-state index in [9.17, 15) is 9.59 Å². The van der Waals surface area contributed by atoms with Gasteiger partial charge < -0.3 is 9.47 Å². The van der Waals surface area contributed by atoms with E-state index in [2.05, 4.69) is 13.8 Å². The van der Waals surface area contributed by atoms with Crippen LogP contribution in [0, 0.1) is 5.92 Å². The maximum absolute atomic E-state index is 12.2. The summed E-state index contributed by atoms with van der Waals surface area (Å²) in [5.41, 5.74) is 0.134. The zero-order chi connectivity index (χ0) is 15.3. The van der Waals surface area contributed by atoms with E-state index in [0.29, 0.717) is 24.5 Å². The Morgan fingerprint density at radius 1 is 1.05 bits per heavy atom. The summed E-state index contributed by atoms with van der Waals surface area (Å²) in [6, 6.07) is 0. The number of Topliss-reactive ketones (excluding diaryl/α,β-unsaturated/α-hetero) is 1. The van der Waals surface area contributed by atoms with E-state index >= 15 is 0 Å². The molecular formula is C17H24O4. The van der Waals surface area contributed by atoms with Crippen LogP contribution in [0.25, 0.3) is 0 Å². The van der Waals surface area contributed by atoms with Crippen molar-refractivity contribution in [2.24, 2.45) is 5.92 Å². The zero-order valence-corrected chi connectivity index (χ0v) is 13.1. The lowest BCUT2D eigenvalue weighted by Crippen LogP contribution is -2.16. The number of ether oxygens (including phenoxy) is 2. The van der Waals surface area contributed by atoms with Gasteiger partial charge in [-0.05, 0) is 51.9 Å². The first-order valence-corrected chi connectivity index (χ1v) is 8.02. The molecule has 5 unspecified atom stereocenters. The van der Waals surface area contributed by atoms with Crippen molar-refractivity contribution in [1.82, 2.24) is 0 Å². The highest BCUT2D eigenvalue weighted by Gasteiger charge is 2.56. The quantitative estimate of drug-likeness (QED) is 0.391. The van der Waals surface area contributed by atoms with Crippen LogP contribution in [0.1, 0.15) is 59.3 Å². The van der Waals surface area contributed by atoms with Gasteiger partial charge in [-0.3, -0.25) is 4.79 Å². The highest BCUT2D eigenvalue weighted by atomic mass is 16.6. The van der Waals surface area contributed by atoms with Gasteiger partial charge in [-0.25, -0.2) is 4.79 Å². The van der Waals surface area contributed by atoms with Crippen LogP contribution in [0.4, 0.5) is 0 Å². The van der Waals surface area contributed by atoms with E-state index in [1.165, 1.54) is 0 Å². The highest BCUT2D eigenvalue weighted by molar-refractivity contribution is 6.02. The average molecular weight is 292 g/mol. The molecule has 0 spiro atoms. The molecule has 0 aromatic carbocycles. The number of ketones is 1. The van der Waals surface area contributed by atoms with Gasteiger partial charge in [0.1, 0.15) is 5.94 Å². The van der Waals surface area contributed by atoms with E-state index < -0.39 is 0 Å². The minimum atomic E-state index is -0.0993. The second-order valence-electron chi connectivity index (χ2n) is 7.29. The van der Waals surface area contributed by atoms with Gasteiger partial charge in [0.25, 0.3) is 0 Å². The van der Waals surface area contributed by atoms with Crippen molar-refractivity contribution in [1.29, 1.82) is 0 Å². The molecule has 2 saturated heterocycles. The summed E-state index contributed by atoms with van der Waals surface area (Å²) in [5.74, 6) is 1.79. The summed E-state index contributed by atoms with van der Waals surface area (Å²) in [6.07, 6.45) is 5.24. The molecule has 1 saturated carbocycles. The van der Waals surface area contributed by atoms with E-state index in [1.54, 1.807) is 0 Å². The number of allylic oxidation sites excluding steroid dienone is 1. The maximum Gasteiger partial charge on any atom is 0.170 e. The molecule has 0 bridgehead atoms. The van der Waals surface area contributed by atoms with Crippen LogP contribution in [0.2, 0.25) is 0 Å². The molecule has 3 aliphatic rings. The SMILES string of the molecule is CC1CCC2(C)OC2CCC2(C)OC2CCC(=O)C1=C=O. The van der Waals surface area contributed by atoms with Gasteiger partial charge in [-0.2, -0.15) is 0 Å². The summed E-state index contributed by atoms with van der Waals surface area (Å²) < 4.78 is 11.6. The molecule has 0 aromatic heterocycles. The Labute approximate surface area is 125 Å². The van der Waals surface area contributed by atoms with Gasteiger partial charge in [0.15, 0.2) is 5.78 Å². The predicted octanol–water partition coefficient (Wildman–Crippen LogP) is 2.62. The summed E-state index contributed by atoms with van der Waals surface area (Å²) in [5, 5.41) is 0. The molecule has 0 radical (unpaired) electrons. The Balaban J connectivity index is 1.74. The lowest BCUT2D eigenvalue weighted by atomic mass is 9.88. The van der Waals surface area contributed by atoms with Crippen molar-refractivity contribution in [3.63, 3.8) is 0 Å². The average Bonchev–Trinajstić information content (AvgIpc) is 3.29. The van der Waals surface area contributed by atoms with Gasteiger partial charge in [-0.15, -0.1) is 0 Å². The van der Waals surface area contributed by atoms with Crippen molar-refractivity contribution in [2.75, 3.05) is 0 Å². The minimum absolute atomic E-state index is 0.0380. The number of carbonyl (C=O) groups is 1. The fourth-order valence-corrected chi connectivity index (χ4v) is 3.64. The van der Waals surface area contributed by atoms with Crippen molar-refractivity contribution < 1.29 is 19.1 Å². The summed E-state index contributed by atoms with van der Waals surface area (Å²) in [6.45, 7) is 6.18. The van der Waals surface area contributed by atoms with Crippen LogP contribution in [0.15, 0.2) is 5.57 Å². The van der Waals surface area contributed by atoms with Crippen molar-refractivity contribution in [3.8, 4) is 0 Å². The summed E-state index contributed by atoms with van der Waals surface area (Å²) in [4.78, 5) is 23.4. The van der Waals surface area contributed by atoms with Crippen LogP contribution >= 0.6 is 0 Å². The third-order valence-corrected chi connectivity index (χ3v) is 5.58. The number of hydrogen-bond donors (Lipinski definition) is 0. The molecule has 21 heavy (non-hydrogen) atoms. The van der Waals surface area contributed by atoms with E-state index in [-0.39, 0.29) is 29.0 Å². The lowest BCUT2D eigenvalue weighted by Gasteiger charge is -2.13. The Kier molecular flexibility index (Phi) is 3.59. The molecule has 4 heteroatoms. The second kappa shape index (κ2) is 5.05. The molecule has 0 amide bonds. The predicted molar refractivity (Wildman–Crippen MR) is 77.6 cm³/mol. The molecule has 116 valence electrons. The molecular weight excluding hydrogens is 268 g/mol. The van der Waals surface area contributed by atoms with E-state index in [0.717, 1.165) is 25.7 Å². The van der Waals surface area contributed by atoms with Gasteiger partial charge in [-0.1, -0.05) is 6.92 Å². The zero-order valence-electron chi connectivity index (χ0n) is 13.1. The third kappa shape index (κ3) is 2.85.